The molecule has 1 aromatic carbocycles. The number of hydrogen-bond donors (Lipinski definition) is 0. The molecule has 3 aromatic heterocycles. The first-order valence-corrected chi connectivity index (χ1v) is 11.8. The molecule has 178 valence electrons. The lowest BCUT2D eigenvalue weighted by molar-refractivity contribution is -0.391. The number of halogens is 5. The minimum Gasteiger partial charge on any atom is -0.421 e. The zero-order valence-corrected chi connectivity index (χ0v) is 20.3. The Morgan fingerprint density at radius 1 is 0.941 bits per heavy atom. The van der Waals surface area contributed by atoms with E-state index in [1.54, 1.807) is 29.4 Å². The number of hydrogen-bond acceptors (Lipinski definition) is 6. The monoisotopic (exact) mass is 557 g/mol. The van der Waals surface area contributed by atoms with Gasteiger partial charge in [-0.2, -0.15) is 17.6 Å². The third-order valence-corrected chi connectivity index (χ3v) is 6.71. The van der Waals surface area contributed by atoms with Gasteiger partial charge in [-0.1, -0.05) is 13.0 Å². The number of nitrogens with zero attached hydrogens (tertiary/aromatic N) is 5. The Kier molecular flexibility index (Phi) is 5.32. The van der Waals surface area contributed by atoms with Crippen LogP contribution in [0.4, 0.5) is 17.6 Å². The van der Waals surface area contributed by atoms with Crippen molar-refractivity contribution in [2.45, 2.75) is 24.2 Å². The SMILES string of the molecule is CCSc1c(-c2nc3cc4c(cc3n2C)OC(F)(F)C(F)(F)O4)nc(-c2cccc(Br)n2)n1C. The molecular formula is C21H16BrF4N5O2S. The third kappa shape index (κ3) is 3.52. The summed E-state index contributed by atoms with van der Waals surface area (Å²) in [6, 6.07) is 7.84. The highest BCUT2D eigenvalue weighted by Gasteiger charge is 2.66. The molecule has 0 saturated carbocycles. The molecule has 7 nitrogen and oxygen atoms in total. The fourth-order valence-corrected chi connectivity index (χ4v) is 4.83. The van der Waals surface area contributed by atoms with Crippen molar-refractivity contribution in [1.29, 1.82) is 0 Å². The van der Waals surface area contributed by atoms with E-state index in [9.17, 15) is 17.6 Å². The summed E-state index contributed by atoms with van der Waals surface area (Å²) in [5.41, 5.74) is 1.83. The van der Waals surface area contributed by atoms with Gasteiger partial charge in [-0.15, -0.1) is 11.8 Å². The number of pyridine rings is 1. The van der Waals surface area contributed by atoms with Crippen LogP contribution in [-0.4, -0.2) is 42.1 Å². The first-order valence-electron chi connectivity index (χ1n) is 9.99. The molecule has 0 fully saturated rings. The van der Waals surface area contributed by atoms with E-state index in [1.807, 2.05) is 30.7 Å². The topological polar surface area (TPSA) is 67.0 Å². The van der Waals surface area contributed by atoms with Crippen LogP contribution in [0.2, 0.25) is 0 Å². The number of alkyl halides is 4. The molecule has 1 aliphatic rings. The Hall–Kier alpha value is -2.80. The summed E-state index contributed by atoms with van der Waals surface area (Å²) in [5, 5.41) is 0.813. The van der Waals surface area contributed by atoms with E-state index < -0.39 is 23.7 Å². The molecule has 34 heavy (non-hydrogen) atoms. The van der Waals surface area contributed by atoms with Gasteiger partial charge in [0.2, 0.25) is 0 Å². The van der Waals surface area contributed by atoms with Crippen LogP contribution in [0.25, 0.3) is 34.1 Å². The zero-order chi connectivity index (χ0) is 24.4. The van der Waals surface area contributed by atoms with Gasteiger partial charge in [0.1, 0.15) is 21.0 Å². The summed E-state index contributed by atoms with van der Waals surface area (Å²) >= 11 is 4.91. The maximum Gasteiger partial charge on any atom is 0.507 e. The van der Waals surface area contributed by atoms with Crippen LogP contribution in [0.15, 0.2) is 40.0 Å². The molecule has 0 saturated heterocycles. The molecule has 4 aromatic rings. The van der Waals surface area contributed by atoms with Crippen molar-refractivity contribution in [2.24, 2.45) is 14.1 Å². The molecule has 0 aliphatic carbocycles. The van der Waals surface area contributed by atoms with Gasteiger partial charge in [0.05, 0.1) is 11.0 Å². The van der Waals surface area contributed by atoms with Crippen LogP contribution in [0.3, 0.4) is 0 Å². The van der Waals surface area contributed by atoms with E-state index >= 15 is 0 Å². The number of rotatable bonds is 4. The molecule has 0 atom stereocenters. The zero-order valence-electron chi connectivity index (χ0n) is 17.9. The highest BCUT2D eigenvalue weighted by atomic mass is 79.9. The van der Waals surface area contributed by atoms with Crippen molar-refractivity contribution in [3.8, 4) is 34.5 Å². The average molecular weight is 558 g/mol. The van der Waals surface area contributed by atoms with Crippen molar-refractivity contribution >= 4 is 38.7 Å². The van der Waals surface area contributed by atoms with E-state index in [0.717, 1.165) is 16.8 Å². The predicted molar refractivity (Wildman–Crippen MR) is 121 cm³/mol. The number of thioether (sulfide) groups is 1. The van der Waals surface area contributed by atoms with E-state index in [2.05, 4.69) is 35.4 Å². The summed E-state index contributed by atoms with van der Waals surface area (Å²) in [7, 11) is 3.54. The molecule has 0 spiro atoms. The number of ether oxygens (including phenoxy) is 2. The average Bonchev–Trinajstić information content (AvgIpc) is 3.24. The van der Waals surface area contributed by atoms with Crippen LogP contribution < -0.4 is 9.47 Å². The van der Waals surface area contributed by atoms with Gasteiger partial charge in [-0.05, 0) is 33.8 Å². The minimum absolute atomic E-state index is 0.265. The number of aryl methyl sites for hydroxylation is 1. The van der Waals surface area contributed by atoms with E-state index in [1.165, 1.54) is 6.07 Å². The van der Waals surface area contributed by atoms with Gasteiger partial charge in [-0.25, -0.2) is 15.0 Å². The first kappa shape index (κ1) is 23.0. The van der Waals surface area contributed by atoms with Crippen molar-refractivity contribution in [1.82, 2.24) is 24.1 Å². The van der Waals surface area contributed by atoms with Crippen molar-refractivity contribution < 1.29 is 27.0 Å². The third-order valence-electron chi connectivity index (χ3n) is 5.24. The summed E-state index contributed by atoms with van der Waals surface area (Å²) in [6.45, 7) is 2.00. The van der Waals surface area contributed by atoms with Gasteiger partial charge in [0.15, 0.2) is 23.1 Å². The maximum absolute atomic E-state index is 13.7. The molecule has 5 rings (SSSR count). The fraction of sp³-hybridized carbons (Fsp3) is 0.286. The van der Waals surface area contributed by atoms with Gasteiger partial charge < -0.3 is 18.6 Å². The van der Waals surface area contributed by atoms with Gasteiger partial charge in [0, 0.05) is 26.2 Å². The van der Waals surface area contributed by atoms with Crippen molar-refractivity contribution in [3.63, 3.8) is 0 Å². The van der Waals surface area contributed by atoms with Crippen molar-refractivity contribution in [3.05, 3.63) is 34.9 Å². The lowest BCUT2D eigenvalue weighted by atomic mass is 10.2. The summed E-state index contributed by atoms with van der Waals surface area (Å²) < 4.78 is 67.3. The molecule has 0 amide bonds. The van der Waals surface area contributed by atoms with Crippen molar-refractivity contribution in [2.75, 3.05) is 5.75 Å². The highest BCUT2D eigenvalue weighted by molar-refractivity contribution is 9.10. The lowest BCUT2D eigenvalue weighted by Crippen LogP contribution is -2.52. The Morgan fingerprint density at radius 3 is 2.26 bits per heavy atom. The van der Waals surface area contributed by atoms with Crippen LogP contribution >= 0.6 is 27.7 Å². The van der Waals surface area contributed by atoms with E-state index in [-0.39, 0.29) is 5.52 Å². The quantitative estimate of drug-likeness (QED) is 0.178. The lowest BCUT2D eigenvalue weighted by Gasteiger charge is -2.31. The normalized spacial score (nSPS) is 16.2. The Bertz CT molecular complexity index is 1440. The smallest absolute Gasteiger partial charge is 0.421 e. The fourth-order valence-electron chi connectivity index (χ4n) is 3.66. The summed E-state index contributed by atoms with van der Waals surface area (Å²) in [4.78, 5) is 13.8. The molecule has 4 heterocycles. The molecule has 0 radical (unpaired) electrons. The summed E-state index contributed by atoms with van der Waals surface area (Å²) in [6.07, 6.45) is -9.60. The van der Waals surface area contributed by atoms with Crippen LogP contribution in [0.1, 0.15) is 6.92 Å². The summed E-state index contributed by atoms with van der Waals surface area (Å²) in [5.74, 6) is 0.757. The van der Waals surface area contributed by atoms with Gasteiger partial charge in [-0.3, -0.25) is 0 Å². The Morgan fingerprint density at radius 2 is 1.62 bits per heavy atom. The predicted octanol–water partition coefficient (Wildman–Crippen LogP) is 5.87. The molecule has 0 unspecified atom stereocenters. The minimum atomic E-state index is -4.80. The number of benzene rings is 1. The number of aromatic nitrogens is 5. The molecule has 0 bridgehead atoms. The largest absolute Gasteiger partial charge is 0.507 e. The Labute approximate surface area is 203 Å². The van der Waals surface area contributed by atoms with Crippen LogP contribution in [0.5, 0.6) is 11.5 Å². The second-order valence-electron chi connectivity index (χ2n) is 7.45. The number of fused-ring (bicyclic) bond motifs is 2. The van der Waals surface area contributed by atoms with Crippen LogP contribution in [0, 0.1) is 0 Å². The molecule has 0 N–H and O–H groups in total. The maximum atomic E-state index is 13.7. The van der Waals surface area contributed by atoms with E-state index in [4.69, 9.17) is 4.98 Å². The molecule has 1 aliphatic heterocycles. The van der Waals surface area contributed by atoms with Crippen LogP contribution in [-0.2, 0) is 14.1 Å². The second kappa shape index (κ2) is 7.87. The number of imidazole rings is 2. The van der Waals surface area contributed by atoms with Gasteiger partial charge in [0.25, 0.3) is 0 Å². The molecular weight excluding hydrogens is 542 g/mol. The van der Waals surface area contributed by atoms with E-state index in [0.29, 0.717) is 33.2 Å². The Balaban J connectivity index is 1.68. The standard InChI is InChI=1S/C21H16BrF4N5O2S/c1-4-34-19-16(29-17(31(19)3)10-6-5-7-15(22)27-10)18-28-11-8-13-14(9-12(11)30(18)2)33-21(25,26)20(23,24)32-13/h5-9H,4H2,1-3H3. The molecule has 13 heteroatoms. The highest BCUT2D eigenvalue weighted by Crippen LogP contribution is 2.48. The second-order valence-corrected chi connectivity index (χ2v) is 9.51. The first-order chi connectivity index (χ1) is 16.0. The van der Waals surface area contributed by atoms with Gasteiger partial charge >= 0.3 is 12.2 Å².